The molecule has 1 aromatic carbocycles. The van der Waals surface area contributed by atoms with Crippen molar-refractivity contribution in [3.05, 3.63) is 29.8 Å². The topological polar surface area (TPSA) is 57.7 Å². The SMILES string of the molecule is CN(C(=O)c1ccc(S(=O)(=O)N2CCCC2)cc1)C1CC1. The van der Waals surface area contributed by atoms with Gasteiger partial charge in [-0.3, -0.25) is 4.79 Å². The first-order chi connectivity index (χ1) is 10.00. The molecule has 21 heavy (non-hydrogen) atoms. The Morgan fingerprint density at radius 1 is 1.14 bits per heavy atom. The Hall–Kier alpha value is -1.40. The molecule has 1 saturated heterocycles. The van der Waals surface area contributed by atoms with Crippen LogP contribution in [0.4, 0.5) is 0 Å². The van der Waals surface area contributed by atoms with Gasteiger partial charge in [0.1, 0.15) is 0 Å². The van der Waals surface area contributed by atoms with E-state index in [-0.39, 0.29) is 10.8 Å². The summed E-state index contributed by atoms with van der Waals surface area (Å²) in [7, 11) is -1.60. The van der Waals surface area contributed by atoms with Crippen molar-refractivity contribution in [2.24, 2.45) is 0 Å². The summed E-state index contributed by atoms with van der Waals surface area (Å²) in [6.07, 6.45) is 3.96. The van der Waals surface area contributed by atoms with Crippen molar-refractivity contribution in [2.75, 3.05) is 20.1 Å². The van der Waals surface area contributed by atoms with E-state index in [9.17, 15) is 13.2 Å². The summed E-state index contributed by atoms with van der Waals surface area (Å²) >= 11 is 0. The smallest absolute Gasteiger partial charge is 0.253 e. The van der Waals surface area contributed by atoms with Gasteiger partial charge in [0.05, 0.1) is 4.90 Å². The number of hydrogen-bond donors (Lipinski definition) is 0. The second-order valence-corrected chi connectivity index (χ2v) is 7.72. The lowest BCUT2D eigenvalue weighted by molar-refractivity contribution is 0.0785. The summed E-state index contributed by atoms with van der Waals surface area (Å²) in [4.78, 5) is 14.2. The summed E-state index contributed by atoms with van der Waals surface area (Å²) in [5.41, 5.74) is 0.546. The number of hydrogen-bond acceptors (Lipinski definition) is 3. The number of carbonyl (C=O) groups excluding carboxylic acids is 1. The van der Waals surface area contributed by atoms with Gasteiger partial charge in [-0.25, -0.2) is 8.42 Å². The normalized spacial score (nSPS) is 19.7. The van der Waals surface area contributed by atoms with Crippen LogP contribution in [0, 0.1) is 0 Å². The second-order valence-electron chi connectivity index (χ2n) is 5.78. The van der Waals surface area contributed by atoms with Gasteiger partial charge in [0.15, 0.2) is 0 Å². The fourth-order valence-corrected chi connectivity index (χ4v) is 4.20. The number of nitrogens with zero attached hydrogens (tertiary/aromatic N) is 2. The molecule has 1 aromatic rings. The standard InChI is InChI=1S/C15H20N2O3S/c1-16(13-6-7-13)15(18)12-4-8-14(9-5-12)21(19,20)17-10-2-3-11-17/h4-5,8-9,13H,2-3,6-7,10-11H2,1H3. The first-order valence-electron chi connectivity index (χ1n) is 7.37. The Kier molecular flexibility index (Phi) is 3.75. The van der Waals surface area contributed by atoms with Crippen molar-refractivity contribution >= 4 is 15.9 Å². The number of rotatable bonds is 4. The van der Waals surface area contributed by atoms with E-state index in [2.05, 4.69) is 0 Å². The predicted molar refractivity (Wildman–Crippen MR) is 79.6 cm³/mol. The molecule has 2 fully saturated rings. The molecule has 1 aliphatic carbocycles. The molecule has 1 heterocycles. The minimum atomic E-state index is -3.40. The lowest BCUT2D eigenvalue weighted by Crippen LogP contribution is -2.29. The van der Waals surface area contributed by atoms with E-state index in [0.29, 0.717) is 24.7 Å². The molecule has 0 bridgehead atoms. The maximum atomic E-state index is 12.4. The van der Waals surface area contributed by atoms with E-state index >= 15 is 0 Å². The van der Waals surface area contributed by atoms with Crippen molar-refractivity contribution in [1.82, 2.24) is 9.21 Å². The molecule has 3 rings (SSSR count). The van der Waals surface area contributed by atoms with Gasteiger partial charge < -0.3 is 4.90 Å². The van der Waals surface area contributed by atoms with Crippen LogP contribution in [0.1, 0.15) is 36.0 Å². The van der Waals surface area contributed by atoms with E-state index in [4.69, 9.17) is 0 Å². The molecule has 1 aliphatic heterocycles. The molecule has 0 unspecified atom stereocenters. The Labute approximate surface area is 125 Å². The van der Waals surface area contributed by atoms with Gasteiger partial charge in [-0.1, -0.05) is 0 Å². The third-order valence-corrected chi connectivity index (χ3v) is 6.13. The number of carbonyl (C=O) groups is 1. The Morgan fingerprint density at radius 2 is 1.71 bits per heavy atom. The summed E-state index contributed by atoms with van der Waals surface area (Å²) in [5.74, 6) is -0.0392. The average molecular weight is 308 g/mol. The molecule has 0 N–H and O–H groups in total. The highest BCUT2D eigenvalue weighted by atomic mass is 32.2. The van der Waals surface area contributed by atoms with Crippen molar-refractivity contribution in [3.63, 3.8) is 0 Å². The Balaban J connectivity index is 1.78. The molecule has 1 amide bonds. The summed E-state index contributed by atoms with van der Waals surface area (Å²) in [6, 6.07) is 6.67. The Bertz CT molecular complexity index is 629. The zero-order chi connectivity index (χ0) is 15.0. The molecular weight excluding hydrogens is 288 g/mol. The molecular formula is C15H20N2O3S. The van der Waals surface area contributed by atoms with E-state index in [1.54, 1.807) is 36.2 Å². The highest BCUT2D eigenvalue weighted by molar-refractivity contribution is 7.89. The molecule has 0 atom stereocenters. The monoisotopic (exact) mass is 308 g/mol. The van der Waals surface area contributed by atoms with Crippen LogP contribution in [0.5, 0.6) is 0 Å². The van der Waals surface area contributed by atoms with Gasteiger partial charge in [0, 0.05) is 31.7 Å². The molecule has 5 nitrogen and oxygen atoms in total. The van der Waals surface area contributed by atoms with Crippen LogP contribution in [-0.4, -0.2) is 49.7 Å². The fourth-order valence-electron chi connectivity index (χ4n) is 2.68. The summed E-state index contributed by atoms with van der Waals surface area (Å²) < 4.78 is 26.3. The minimum absolute atomic E-state index is 0.0392. The fraction of sp³-hybridized carbons (Fsp3) is 0.533. The van der Waals surface area contributed by atoms with Crippen LogP contribution < -0.4 is 0 Å². The second kappa shape index (κ2) is 5.42. The zero-order valence-corrected chi connectivity index (χ0v) is 13.0. The maximum absolute atomic E-state index is 12.4. The van der Waals surface area contributed by atoms with Crippen LogP contribution >= 0.6 is 0 Å². The molecule has 2 aliphatic rings. The van der Waals surface area contributed by atoms with E-state index in [1.807, 2.05) is 0 Å². The summed E-state index contributed by atoms with van der Waals surface area (Å²) in [5, 5.41) is 0. The first-order valence-corrected chi connectivity index (χ1v) is 8.81. The first kappa shape index (κ1) is 14.5. The van der Waals surface area contributed by atoms with Gasteiger partial charge in [0.25, 0.3) is 5.91 Å². The van der Waals surface area contributed by atoms with Crippen molar-refractivity contribution in [3.8, 4) is 0 Å². The van der Waals surface area contributed by atoms with Crippen LogP contribution in [-0.2, 0) is 10.0 Å². The highest BCUT2D eigenvalue weighted by Gasteiger charge is 2.31. The lowest BCUT2D eigenvalue weighted by atomic mass is 10.2. The quantitative estimate of drug-likeness (QED) is 0.851. The van der Waals surface area contributed by atoms with E-state index < -0.39 is 10.0 Å². The number of amides is 1. The molecule has 0 radical (unpaired) electrons. The molecule has 1 saturated carbocycles. The molecule has 6 heteroatoms. The van der Waals surface area contributed by atoms with Crippen molar-refractivity contribution < 1.29 is 13.2 Å². The van der Waals surface area contributed by atoms with Crippen LogP contribution in [0.2, 0.25) is 0 Å². The third-order valence-electron chi connectivity index (χ3n) is 4.22. The van der Waals surface area contributed by atoms with Gasteiger partial charge in [-0.15, -0.1) is 0 Å². The summed E-state index contributed by atoms with van der Waals surface area (Å²) in [6.45, 7) is 1.18. The number of benzene rings is 1. The number of sulfonamides is 1. The van der Waals surface area contributed by atoms with Crippen LogP contribution in [0.25, 0.3) is 0 Å². The average Bonchev–Trinajstić information content (AvgIpc) is 3.19. The van der Waals surface area contributed by atoms with Gasteiger partial charge >= 0.3 is 0 Å². The maximum Gasteiger partial charge on any atom is 0.253 e. The largest absolute Gasteiger partial charge is 0.339 e. The van der Waals surface area contributed by atoms with Gasteiger partial charge in [-0.05, 0) is 49.9 Å². The molecule has 0 spiro atoms. The molecule has 114 valence electrons. The van der Waals surface area contributed by atoms with Gasteiger partial charge in [0.2, 0.25) is 10.0 Å². The van der Waals surface area contributed by atoms with E-state index in [0.717, 1.165) is 25.7 Å². The van der Waals surface area contributed by atoms with Crippen molar-refractivity contribution in [1.29, 1.82) is 0 Å². The minimum Gasteiger partial charge on any atom is -0.339 e. The van der Waals surface area contributed by atoms with Crippen LogP contribution in [0.3, 0.4) is 0 Å². The van der Waals surface area contributed by atoms with E-state index in [1.165, 1.54) is 4.31 Å². The zero-order valence-electron chi connectivity index (χ0n) is 12.2. The lowest BCUT2D eigenvalue weighted by Gasteiger charge is -2.17. The van der Waals surface area contributed by atoms with Gasteiger partial charge in [-0.2, -0.15) is 4.31 Å². The Morgan fingerprint density at radius 3 is 2.24 bits per heavy atom. The van der Waals surface area contributed by atoms with Crippen molar-refractivity contribution in [2.45, 2.75) is 36.6 Å². The third kappa shape index (κ3) is 2.82. The predicted octanol–water partition coefficient (Wildman–Crippen LogP) is 1.71. The van der Waals surface area contributed by atoms with Crippen LogP contribution in [0.15, 0.2) is 29.2 Å². The molecule has 0 aromatic heterocycles. The highest BCUT2D eigenvalue weighted by Crippen LogP contribution is 2.27.